The van der Waals surface area contributed by atoms with Gasteiger partial charge in [0.2, 0.25) is 5.91 Å². The number of carbonyl (C=O) groups excluding carboxylic acids is 1. The molecule has 15 heavy (non-hydrogen) atoms. The number of benzene rings is 1. The Morgan fingerprint density at radius 1 is 1.33 bits per heavy atom. The van der Waals surface area contributed by atoms with Crippen molar-refractivity contribution in [1.29, 1.82) is 0 Å². The molecule has 4 nitrogen and oxygen atoms in total. The van der Waals surface area contributed by atoms with Gasteiger partial charge in [0, 0.05) is 10.2 Å². The highest BCUT2D eigenvalue weighted by atomic mass is 79.9. The summed E-state index contributed by atoms with van der Waals surface area (Å²) in [4.78, 5) is 21.9. The molecule has 1 atom stereocenters. The van der Waals surface area contributed by atoms with Crippen molar-refractivity contribution in [3.8, 4) is 0 Å². The SMILES string of the molecule is CC(C(=O)O)C(=O)Nc1ccc(Br)cc1. The van der Waals surface area contributed by atoms with Crippen LogP contribution in [0.2, 0.25) is 0 Å². The summed E-state index contributed by atoms with van der Waals surface area (Å²) in [5, 5.41) is 11.1. The minimum Gasteiger partial charge on any atom is -0.481 e. The lowest BCUT2D eigenvalue weighted by Crippen LogP contribution is -2.26. The molecule has 0 saturated carbocycles. The van der Waals surface area contributed by atoms with Crippen LogP contribution in [0.4, 0.5) is 5.69 Å². The lowest BCUT2D eigenvalue weighted by molar-refractivity contribution is -0.144. The number of aliphatic carboxylic acids is 1. The fourth-order valence-corrected chi connectivity index (χ4v) is 1.16. The van der Waals surface area contributed by atoms with Gasteiger partial charge in [0.1, 0.15) is 5.92 Å². The molecule has 0 aromatic heterocycles. The zero-order chi connectivity index (χ0) is 11.4. The van der Waals surface area contributed by atoms with E-state index in [4.69, 9.17) is 5.11 Å². The van der Waals surface area contributed by atoms with E-state index in [-0.39, 0.29) is 0 Å². The maximum Gasteiger partial charge on any atom is 0.315 e. The third-order valence-corrected chi connectivity index (χ3v) is 2.40. The molecule has 0 bridgehead atoms. The molecule has 1 aromatic carbocycles. The predicted octanol–water partition coefficient (Wildman–Crippen LogP) is 2.11. The number of anilines is 1. The number of carboxylic acids is 1. The zero-order valence-corrected chi connectivity index (χ0v) is 9.61. The van der Waals surface area contributed by atoms with E-state index in [1.807, 2.05) is 0 Å². The van der Waals surface area contributed by atoms with Gasteiger partial charge < -0.3 is 10.4 Å². The van der Waals surface area contributed by atoms with Gasteiger partial charge in [-0.15, -0.1) is 0 Å². The first-order valence-electron chi connectivity index (χ1n) is 4.30. The van der Waals surface area contributed by atoms with E-state index in [2.05, 4.69) is 21.2 Å². The molecule has 5 heteroatoms. The average molecular weight is 272 g/mol. The van der Waals surface area contributed by atoms with Crippen molar-refractivity contribution >= 4 is 33.5 Å². The van der Waals surface area contributed by atoms with E-state index in [0.717, 1.165) is 4.47 Å². The first kappa shape index (κ1) is 11.7. The van der Waals surface area contributed by atoms with Crippen LogP contribution in [0, 0.1) is 5.92 Å². The Kier molecular flexibility index (Phi) is 3.85. The number of rotatable bonds is 3. The summed E-state index contributed by atoms with van der Waals surface area (Å²) in [7, 11) is 0. The van der Waals surface area contributed by atoms with Crippen LogP contribution in [0.1, 0.15) is 6.92 Å². The molecule has 0 aliphatic rings. The summed E-state index contributed by atoms with van der Waals surface area (Å²) < 4.78 is 0.895. The molecule has 1 aromatic rings. The number of halogens is 1. The lowest BCUT2D eigenvalue weighted by Gasteiger charge is -2.07. The number of amides is 1. The van der Waals surface area contributed by atoms with E-state index in [1.165, 1.54) is 6.92 Å². The van der Waals surface area contributed by atoms with E-state index in [1.54, 1.807) is 24.3 Å². The summed E-state index contributed by atoms with van der Waals surface area (Å²) in [6, 6.07) is 6.91. The smallest absolute Gasteiger partial charge is 0.315 e. The number of hydrogen-bond donors (Lipinski definition) is 2. The Labute approximate surface area is 95.4 Å². The summed E-state index contributed by atoms with van der Waals surface area (Å²) in [5.74, 6) is -2.71. The van der Waals surface area contributed by atoms with Crippen LogP contribution < -0.4 is 5.32 Å². The topological polar surface area (TPSA) is 66.4 Å². The van der Waals surface area contributed by atoms with Gasteiger partial charge in [-0.3, -0.25) is 9.59 Å². The van der Waals surface area contributed by atoms with E-state index in [0.29, 0.717) is 5.69 Å². The van der Waals surface area contributed by atoms with Crippen molar-refractivity contribution in [1.82, 2.24) is 0 Å². The number of hydrogen-bond acceptors (Lipinski definition) is 2. The normalized spacial score (nSPS) is 11.9. The van der Waals surface area contributed by atoms with E-state index < -0.39 is 17.8 Å². The maximum absolute atomic E-state index is 11.3. The highest BCUT2D eigenvalue weighted by Gasteiger charge is 2.20. The second kappa shape index (κ2) is 4.93. The fraction of sp³-hybridized carbons (Fsp3) is 0.200. The number of nitrogens with one attached hydrogen (secondary N) is 1. The molecule has 80 valence electrons. The molecule has 2 N–H and O–H groups in total. The zero-order valence-electron chi connectivity index (χ0n) is 8.03. The molecule has 0 fully saturated rings. The van der Waals surface area contributed by atoms with Gasteiger partial charge in [0.15, 0.2) is 0 Å². The largest absolute Gasteiger partial charge is 0.481 e. The van der Waals surface area contributed by atoms with Crippen molar-refractivity contribution in [3.63, 3.8) is 0 Å². The molecule has 1 amide bonds. The summed E-state index contributed by atoms with van der Waals surface area (Å²) in [5.41, 5.74) is 0.580. The Morgan fingerprint density at radius 2 is 1.87 bits per heavy atom. The van der Waals surface area contributed by atoms with Crippen LogP contribution in [0.25, 0.3) is 0 Å². The molecule has 0 aliphatic heterocycles. The highest BCUT2D eigenvalue weighted by molar-refractivity contribution is 9.10. The van der Waals surface area contributed by atoms with E-state index >= 15 is 0 Å². The Morgan fingerprint density at radius 3 is 2.33 bits per heavy atom. The van der Waals surface area contributed by atoms with Gasteiger partial charge in [0.05, 0.1) is 0 Å². The van der Waals surface area contributed by atoms with Crippen LogP contribution >= 0.6 is 15.9 Å². The lowest BCUT2D eigenvalue weighted by atomic mass is 10.1. The predicted molar refractivity (Wildman–Crippen MR) is 59.6 cm³/mol. The van der Waals surface area contributed by atoms with Crippen LogP contribution in [-0.2, 0) is 9.59 Å². The quantitative estimate of drug-likeness (QED) is 0.828. The first-order valence-corrected chi connectivity index (χ1v) is 5.09. The summed E-state index contributed by atoms with van der Waals surface area (Å²) in [6.45, 7) is 1.34. The molecule has 1 rings (SSSR count). The molecule has 0 aliphatic carbocycles. The summed E-state index contributed by atoms with van der Waals surface area (Å²) in [6.07, 6.45) is 0. The number of carboxylic acid groups (broad SMARTS) is 1. The molecule has 0 heterocycles. The molecular weight excluding hydrogens is 262 g/mol. The third kappa shape index (κ3) is 3.36. The molecular formula is C10H10BrNO3. The van der Waals surface area contributed by atoms with Crippen LogP contribution in [0.5, 0.6) is 0 Å². The Hall–Kier alpha value is -1.36. The maximum atomic E-state index is 11.3. The second-order valence-corrected chi connectivity index (χ2v) is 3.97. The minimum absolute atomic E-state index is 0.523. The van der Waals surface area contributed by atoms with Crippen LogP contribution in [0.3, 0.4) is 0 Å². The Bertz CT molecular complexity index is 375. The van der Waals surface area contributed by atoms with Crippen molar-refractivity contribution < 1.29 is 14.7 Å². The summed E-state index contributed by atoms with van der Waals surface area (Å²) >= 11 is 3.26. The van der Waals surface area contributed by atoms with Crippen molar-refractivity contribution in [2.45, 2.75) is 6.92 Å². The third-order valence-electron chi connectivity index (χ3n) is 1.88. The standard InChI is InChI=1S/C10H10BrNO3/c1-6(10(14)15)9(13)12-8-4-2-7(11)3-5-8/h2-6H,1H3,(H,12,13)(H,14,15). The first-order chi connectivity index (χ1) is 7.00. The van der Waals surface area contributed by atoms with Crippen molar-refractivity contribution in [2.24, 2.45) is 5.92 Å². The van der Waals surface area contributed by atoms with Crippen LogP contribution in [0.15, 0.2) is 28.7 Å². The monoisotopic (exact) mass is 271 g/mol. The van der Waals surface area contributed by atoms with Gasteiger partial charge in [-0.25, -0.2) is 0 Å². The van der Waals surface area contributed by atoms with Gasteiger partial charge in [-0.05, 0) is 31.2 Å². The van der Waals surface area contributed by atoms with Gasteiger partial charge in [-0.1, -0.05) is 15.9 Å². The van der Waals surface area contributed by atoms with Gasteiger partial charge in [0.25, 0.3) is 0 Å². The average Bonchev–Trinajstić information content (AvgIpc) is 2.20. The minimum atomic E-state index is -1.13. The van der Waals surface area contributed by atoms with Gasteiger partial charge >= 0.3 is 5.97 Å². The fourth-order valence-electron chi connectivity index (χ4n) is 0.896. The van der Waals surface area contributed by atoms with Crippen molar-refractivity contribution in [3.05, 3.63) is 28.7 Å². The molecule has 0 radical (unpaired) electrons. The van der Waals surface area contributed by atoms with E-state index in [9.17, 15) is 9.59 Å². The highest BCUT2D eigenvalue weighted by Crippen LogP contribution is 2.14. The number of carbonyl (C=O) groups is 2. The van der Waals surface area contributed by atoms with Crippen molar-refractivity contribution in [2.75, 3.05) is 5.32 Å². The van der Waals surface area contributed by atoms with Gasteiger partial charge in [-0.2, -0.15) is 0 Å². The Balaban J connectivity index is 2.66. The molecule has 0 saturated heterocycles. The molecule has 1 unspecified atom stereocenters. The second-order valence-electron chi connectivity index (χ2n) is 3.06. The molecule has 0 spiro atoms. The van der Waals surface area contributed by atoms with Crippen LogP contribution in [-0.4, -0.2) is 17.0 Å².